The van der Waals surface area contributed by atoms with Gasteiger partial charge in [0.2, 0.25) is 0 Å². The maximum atomic E-state index is 11.0. The zero-order valence-electron chi connectivity index (χ0n) is 9.21. The molecule has 0 amide bonds. The second-order valence-electron chi connectivity index (χ2n) is 3.52. The zero-order chi connectivity index (χ0) is 12.3. The van der Waals surface area contributed by atoms with Crippen LogP contribution in [-0.4, -0.2) is 16.1 Å². The predicted molar refractivity (Wildman–Crippen MR) is 64.6 cm³/mol. The molecule has 2 rings (SSSR count). The number of hydrogen-bond acceptors (Lipinski definition) is 4. The molecule has 0 saturated heterocycles. The van der Waals surface area contributed by atoms with Crippen LogP contribution in [0.4, 0.5) is 0 Å². The summed E-state index contributed by atoms with van der Waals surface area (Å²) < 4.78 is 5.46. The van der Waals surface area contributed by atoms with Gasteiger partial charge in [-0.2, -0.15) is 0 Å². The average molecular weight is 249 g/mol. The third-order valence-electron chi connectivity index (χ3n) is 2.20. The summed E-state index contributed by atoms with van der Waals surface area (Å²) in [5.74, 6) is -0.610. The Balaban J connectivity index is 2.17. The van der Waals surface area contributed by atoms with Gasteiger partial charge in [0.1, 0.15) is 22.9 Å². The Kier molecular flexibility index (Phi) is 3.39. The summed E-state index contributed by atoms with van der Waals surface area (Å²) in [6.07, 6.45) is 1.69. The fourth-order valence-electron chi connectivity index (χ4n) is 1.40. The van der Waals surface area contributed by atoms with Gasteiger partial charge in [0.15, 0.2) is 0 Å². The summed E-state index contributed by atoms with van der Waals surface area (Å²) in [6.45, 7) is 2.14. The second kappa shape index (κ2) is 4.97. The summed E-state index contributed by atoms with van der Waals surface area (Å²) in [7, 11) is 0. The fraction of sp³-hybridized carbons (Fsp3) is 0.167. The van der Waals surface area contributed by atoms with Crippen molar-refractivity contribution < 1.29 is 14.6 Å². The fourth-order valence-corrected chi connectivity index (χ4v) is 1.93. The minimum absolute atomic E-state index is 0.182. The number of rotatable bonds is 4. The number of nitrogens with zero attached hydrogens (tertiary/aromatic N) is 1. The molecule has 0 unspecified atom stereocenters. The van der Waals surface area contributed by atoms with Crippen LogP contribution in [0.1, 0.15) is 20.9 Å². The van der Waals surface area contributed by atoms with E-state index in [4.69, 9.17) is 9.84 Å². The lowest BCUT2D eigenvalue weighted by molar-refractivity contribution is 0.0691. The standard InChI is InChI=1S/C12H11NO3S/c1-8-2-3-10(9(6-8)12(14)15)16-7-11-13-4-5-17-11/h2-6H,7H2,1H3,(H,14,15). The van der Waals surface area contributed by atoms with Crippen molar-refractivity contribution in [2.24, 2.45) is 0 Å². The van der Waals surface area contributed by atoms with E-state index in [1.54, 1.807) is 18.3 Å². The molecule has 0 radical (unpaired) electrons. The van der Waals surface area contributed by atoms with Crippen molar-refractivity contribution in [3.63, 3.8) is 0 Å². The van der Waals surface area contributed by atoms with E-state index in [9.17, 15) is 4.79 Å². The summed E-state index contributed by atoms with van der Waals surface area (Å²) in [6, 6.07) is 5.09. The number of carboxylic acid groups (broad SMARTS) is 1. The molecule has 0 saturated carbocycles. The molecular weight excluding hydrogens is 238 g/mol. The highest BCUT2D eigenvalue weighted by atomic mass is 32.1. The van der Waals surface area contributed by atoms with Gasteiger partial charge in [0, 0.05) is 11.6 Å². The third kappa shape index (κ3) is 2.82. The SMILES string of the molecule is Cc1ccc(OCc2nccs2)c(C(=O)O)c1. The van der Waals surface area contributed by atoms with Crippen LogP contribution in [0.2, 0.25) is 0 Å². The Morgan fingerprint density at radius 3 is 3.00 bits per heavy atom. The molecule has 1 aromatic heterocycles. The molecular formula is C12H11NO3S. The number of aromatic carboxylic acids is 1. The molecule has 4 nitrogen and oxygen atoms in total. The quantitative estimate of drug-likeness (QED) is 0.905. The number of benzene rings is 1. The van der Waals surface area contributed by atoms with E-state index in [1.807, 2.05) is 18.4 Å². The van der Waals surface area contributed by atoms with Crippen molar-refractivity contribution in [2.75, 3.05) is 0 Å². The first kappa shape index (κ1) is 11.6. The van der Waals surface area contributed by atoms with Gasteiger partial charge in [-0.25, -0.2) is 9.78 Å². The van der Waals surface area contributed by atoms with Crippen molar-refractivity contribution >= 4 is 17.3 Å². The second-order valence-corrected chi connectivity index (χ2v) is 4.50. The van der Waals surface area contributed by atoms with Gasteiger partial charge in [-0.05, 0) is 19.1 Å². The van der Waals surface area contributed by atoms with Crippen LogP contribution in [0, 0.1) is 6.92 Å². The Hall–Kier alpha value is -1.88. The highest BCUT2D eigenvalue weighted by Crippen LogP contribution is 2.21. The average Bonchev–Trinajstić information content (AvgIpc) is 2.80. The topological polar surface area (TPSA) is 59.4 Å². The maximum Gasteiger partial charge on any atom is 0.339 e. The predicted octanol–water partition coefficient (Wildman–Crippen LogP) is 2.73. The van der Waals surface area contributed by atoms with Gasteiger partial charge < -0.3 is 9.84 Å². The molecule has 2 aromatic rings. The van der Waals surface area contributed by atoms with E-state index >= 15 is 0 Å². The van der Waals surface area contributed by atoms with E-state index in [0.717, 1.165) is 10.6 Å². The third-order valence-corrected chi connectivity index (χ3v) is 2.95. The van der Waals surface area contributed by atoms with Gasteiger partial charge in [0.05, 0.1) is 0 Å². The van der Waals surface area contributed by atoms with Crippen molar-refractivity contribution in [2.45, 2.75) is 13.5 Å². The minimum Gasteiger partial charge on any atom is -0.486 e. The summed E-state index contributed by atoms with van der Waals surface area (Å²) >= 11 is 1.48. The molecule has 0 atom stereocenters. The van der Waals surface area contributed by atoms with Crippen LogP contribution in [0.5, 0.6) is 5.75 Å². The van der Waals surface area contributed by atoms with Crippen LogP contribution in [-0.2, 0) is 6.61 Å². The number of carboxylic acids is 1. The van der Waals surface area contributed by atoms with Crippen LogP contribution in [0.25, 0.3) is 0 Å². The van der Waals surface area contributed by atoms with Crippen LogP contribution < -0.4 is 4.74 Å². The molecule has 88 valence electrons. The van der Waals surface area contributed by atoms with Crippen molar-refractivity contribution in [3.05, 3.63) is 45.9 Å². The molecule has 1 aromatic carbocycles. The largest absolute Gasteiger partial charge is 0.486 e. The highest BCUT2D eigenvalue weighted by molar-refractivity contribution is 7.09. The number of aryl methyl sites for hydroxylation is 1. The molecule has 0 bridgehead atoms. The van der Waals surface area contributed by atoms with E-state index in [0.29, 0.717) is 12.4 Å². The first-order valence-corrected chi connectivity index (χ1v) is 5.90. The van der Waals surface area contributed by atoms with Gasteiger partial charge in [-0.3, -0.25) is 0 Å². The lowest BCUT2D eigenvalue weighted by atomic mass is 10.1. The maximum absolute atomic E-state index is 11.0. The molecule has 0 aliphatic heterocycles. The Morgan fingerprint density at radius 1 is 1.53 bits per heavy atom. The van der Waals surface area contributed by atoms with Gasteiger partial charge >= 0.3 is 5.97 Å². The molecule has 1 heterocycles. The van der Waals surface area contributed by atoms with Crippen LogP contribution >= 0.6 is 11.3 Å². The first-order valence-electron chi connectivity index (χ1n) is 5.02. The van der Waals surface area contributed by atoms with Crippen molar-refractivity contribution in [1.29, 1.82) is 0 Å². The Labute approximate surface area is 103 Å². The van der Waals surface area contributed by atoms with E-state index in [2.05, 4.69) is 4.98 Å². The Morgan fingerprint density at radius 2 is 2.35 bits per heavy atom. The minimum atomic E-state index is -0.983. The molecule has 1 N–H and O–H groups in total. The molecule has 0 fully saturated rings. The monoisotopic (exact) mass is 249 g/mol. The van der Waals surface area contributed by atoms with Crippen molar-refractivity contribution in [3.8, 4) is 5.75 Å². The smallest absolute Gasteiger partial charge is 0.339 e. The number of thiazole rings is 1. The van der Waals surface area contributed by atoms with E-state index < -0.39 is 5.97 Å². The molecule has 0 aliphatic rings. The Bertz CT molecular complexity index is 523. The number of aromatic nitrogens is 1. The van der Waals surface area contributed by atoms with Crippen LogP contribution in [0.15, 0.2) is 29.8 Å². The lowest BCUT2D eigenvalue weighted by Gasteiger charge is -2.08. The van der Waals surface area contributed by atoms with Gasteiger partial charge in [-0.1, -0.05) is 11.6 Å². The van der Waals surface area contributed by atoms with Crippen molar-refractivity contribution in [1.82, 2.24) is 4.98 Å². The zero-order valence-corrected chi connectivity index (χ0v) is 10.0. The molecule has 0 spiro atoms. The normalized spacial score (nSPS) is 10.2. The summed E-state index contributed by atoms with van der Waals surface area (Å²) in [4.78, 5) is 15.1. The van der Waals surface area contributed by atoms with E-state index in [-0.39, 0.29) is 5.56 Å². The first-order chi connectivity index (χ1) is 8.16. The number of hydrogen-bond donors (Lipinski definition) is 1. The van der Waals surface area contributed by atoms with Gasteiger partial charge in [0.25, 0.3) is 0 Å². The van der Waals surface area contributed by atoms with Gasteiger partial charge in [-0.15, -0.1) is 11.3 Å². The summed E-state index contributed by atoms with van der Waals surface area (Å²) in [5.41, 5.74) is 1.07. The highest BCUT2D eigenvalue weighted by Gasteiger charge is 2.11. The lowest BCUT2D eigenvalue weighted by Crippen LogP contribution is -2.03. The van der Waals surface area contributed by atoms with Crippen LogP contribution in [0.3, 0.4) is 0 Å². The summed E-state index contributed by atoms with van der Waals surface area (Å²) in [5, 5.41) is 11.7. The van der Waals surface area contributed by atoms with E-state index in [1.165, 1.54) is 11.3 Å². The molecule has 5 heteroatoms. The molecule has 0 aliphatic carbocycles. The number of carbonyl (C=O) groups is 1. The number of ether oxygens (including phenoxy) is 1. The molecule has 17 heavy (non-hydrogen) atoms.